The lowest BCUT2D eigenvalue weighted by atomic mass is 10.1. The number of nitrogens with zero attached hydrogens (tertiary/aromatic N) is 4. The molecule has 0 radical (unpaired) electrons. The molecule has 0 saturated carbocycles. The van der Waals surface area contributed by atoms with E-state index in [1.807, 2.05) is 6.07 Å². The Morgan fingerprint density at radius 2 is 1.83 bits per heavy atom. The van der Waals surface area contributed by atoms with Crippen molar-refractivity contribution in [2.75, 3.05) is 33.2 Å². The summed E-state index contributed by atoms with van der Waals surface area (Å²) in [7, 11) is 4.75. The summed E-state index contributed by atoms with van der Waals surface area (Å²) in [6.45, 7) is 2.73. The largest absolute Gasteiger partial charge is 0.493 e. The molecule has 0 fully saturated rings. The van der Waals surface area contributed by atoms with Crippen molar-refractivity contribution >= 4 is 16.7 Å². The molecule has 0 bridgehead atoms. The summed E-state index contributed by atoms with van der Waals surface area (Å²) in [5.74, 6) is 3.16. The highest BCUT2D eigenvalue weighted by Crippen LogP contribution is 2.43. The van der Waals surface area contributed by atoms with E-state index >= 15 is 0 Å². The minimum atomic E-state index is 0.508. The molecule has 1 aliphatic carbocycles. The second kappa shape index (κ2) is 8.06. The molecule has 2 heterocycles. The number of rotatable bonds is 7. The molecular weight excluding hydrogens is 370 g/mol. The van der Waals surface area contributed by atoms with Gasteiger partial charge in [0.15, 0.2) is 11.5 Å². The zero-order chi connectivity index (χ0) is 20.4. The van der Waals surface area contributed by atoms with Crippen LogP contribution < -0.4 is 19.5 Å². The maximum absolute atomic E-state index is 5.53. The Hall–Kier alpha value is -3.16. The van der Waals surface area contributed by atoms with Crippen LogP contribution in [0.15, 0.2) is 12.4 Å². The number of anilines is 1. The molecule has 0 spiro atoms. The van der Waals surface area contributed by atoms with Crippen LogP contribution in [-0.4, -0.2) is 47.8 Å². The van der Waals surface area contributed by atoms with E-state index in [0.717, 1.165) is 29.7 Å². The van der Waals surface area contributed by atoms with Crippen LogP contribution in [0.4, 0.5) is 5.82 Å². The van der Waals surface area contributed by atoms with Crippen LogP contribution in [0.3, 0.4) is 0 Å². The monoisotopic (exact) mass is 395 g/mol. The molecule has 0 aliphatic heterocycles. The Kier molecular flexibility index (Phi) is 5.33. The molecule has 29 heavy (non-hydrogen) atoms. The first-order valence-electron chi connectivity index (χ1n) is 9.69. The standard InChI is InChI=1S/C21H25N5O3/c1-12-13-6-5-7-15(13)26-17(25-12)8-9-22-21-14-10-16(27-2)19(28-3)20(29-4)18(14)23-11-24-21/h10-11H,5-9H2,1-4H3,(H,22,23,24). The summed E-state index contributed by atoms with van der Waals surface area (Å²) in [5, 5.41) is 4.18. The van der Waals surface area contributed by atoms with Gasteiger partial charge in [-0.1, -0.05) is 0 Å². The lowest BCUT2D eigenvalue weighted by molar-refractivity contribution is 0.327. The van der Waals surface area contributed by atoms with Gasteiger partial charge in [0.05, 0.1) is 26.7 Å². The van der Waals surface area contributed by atoms with Gasteiger partial charge in [-0.2, -0.15) is 0 Å². The Labute approximate surface area is 169 Å². The maximum Gasteiger partial charge on any atom is 0.205 e. The summed E-state index contributed by atoms with van der Waals surface area (Å²) in [6.07, 6.45) is 5.54. The number of methoxy groups -OCH3 is 3. The van der Waals surface area contributed by atoms with E-state index in [2.05, 4.69) is 27.2 Å². The first-order valence-corrected chi connectivity index (χ1v) is 9.69. The van der Waals surface area contributed by atoms with Gasteiger partial charge in [0.25, 0.3) is 0 Å². The summed E-state index contributed by atoms with van der Waals surface area (Å²) in [6, 6.07) is 1.86. The molecule has 1 aromatic carbocycles. The van der Waals surface area contributed by atoms with Gasteiger partial charge in [-0.3, -0.25) is 0 Å². The van der Waals surface area contributed by atoms with Crippen molar-refractivity contribution in [1.82, 2.24) is 19.9 Å². The summed E-state index contributed by atoms with van der Waals surface area (Å²) in [4.78, 5) is 18.2. The van der Waals surface area contributed by atoms with Crippen LogP contribution in [0, 0.1) is 6.92 Å². The predicted molar refractivity (Wildman–Crippen MR) is 110 cm³/mol. The van der Waals surface area contributed by atoms with Gasteiger partial charge in [0.1, 0.15) is 23.5 Å². The number of aryl methyl sites for hydroxylation is 2. The van der Waals surface area contributed by atoms with E-state index in [1.165, 1.54) is 24.0 Å². The molecule has 4 rings (SSSR count). The number of aromatic nitrogens is 4. The number of ether oxygens (including phenoxy) is 3. The van der Waals surface area contributed by atoms with Crippen molar-refractivity contribution in [2.45, 2.75) is 32.6 Å². The molecule has 1 aliphatic rings. The molecule has 0 amide bonds. The maximum atomic E-state index is 5.53. The van der Waals surface area contributed by atoms with Crippen LogP contribution in [0.25, 0.3) is 10.9 Å². The summed E-state index contributed by atoms with van der Waals surface area (Å²) < 4.78 is 16.4. The molecule has 3 aromatic rings. The van der Waals surface area contributed by atoms with E-state index in [-0.39, 0.29) is 0 Å². The lowest BCUT2D eigenvalue weighted by Gasteiger charge is -2.16. The average Bonchev–Trinajstić information content (AvgIpc) is 3.21. The van der Waals surface area contributed by atoms with Crippen molar-refractivity contribution < 1.29 is 14.2 Å². The summed E-state index contributed by atoms with van der Waals surface area (Å²) in [5.41, 5.74) is 4.31. The molecular formula is C21H25N5O3. The van der Waals surface area contributed by atoms with Gasteiger partial charge in [0.2, 0.25) is 5.75 Å². The van der Waals surface area contributed by atoms with Crippen molar-refractivity contribution in [1.29, 1.82) is 0 Å². The van der Waals surface area contributed by atoms with E-state index in [0.29, 0.717) is 41.5 Å². The van der Waals surface area contributed by atoms with Gasteiger partial charge in [-0.15, -0.1) is 0 Å². The van der Waals surface area contributed by atoms with Gasteiger partial charge < -0.3 is 19.5 Å². The zero-order valence-electron chi connectivity index (χ0n) is 17.2. The third-order valence-electron chi connectivity index (χ3n) is 5.26. The number of nitrogens with one attached hydrogen (secondary N) is 1. The van der Waals surface area contributed by atoms with Crippen LogP contribution in [0.5, 0.6) is 17.2 Å². The fourth-order valence-corrected chi connectivity index (χ4v) is 3.89. The molecule has 2 aromatic heterocycles. The molecule has 0 unspecified atom stereocenters. The van der Waals surface area contributed by atoms with Crippen molar-refractivity contribution in [3.63, 3.8) is 0 Å². The molecule has 1 N–H and O–H groups in total. The van der Waals surface area contributed by atoms with Crippen molar-refractivity contribution in [2.24, 2.45) is 0 Å². The van der Waals surface area contributed by atoms with Gasteiger partial charge >= 0.3 is 0 Å². The number of fused-ring (bicyclic) bond motifs is 2. The lowest BCUT2D eigenvalue weighted by Crippen LogP contribution is -2.11. The Morgan fingerprint density at radius 1 is 1.00 bits per heavy atom. The normalized spacial score (nSPS) is 12.7. The average molecular weight is 395 g/mol. The van der Waals surface area contributed by atoms with Gasteiger partial charge in [-0.05, 0) is 37.8 Å². The van der Waals surface area contributed by atoms with Gasteiger partial charge in [-0.25, -0.2) is 19.9 Å². The van der Waals surface area contributed by atoms with Crippen molar-refractivity contribution in [3.05, 3.63) is 35.2 Å². The first-order chi connectivity index (χ1) is 14.2. The zero-order valence-corrected chi connectivity index (χ0v) is 17.2. The fraction of sp³-hybridized carbons (Fsp3) is 0.429. The smallest absolute Gasteiger partial charge is 0.205 e. The number of hydrogen-bond acceptors (Lipinski definition) is 8. The van der Waals surface area contributed by atoms with E-state index in [1.54, 1.807) is 21.3 Å². The van der Waals surface area contributed by atoms with Gasteiger partial charge in [0, 0.05) is 24.4 Å². The third-order valence-corrected chi connectivity index (χ3v) is 5.26. The third kappa shape index (κ3) is 3.50. The second-order valence-electron chi connectivity index (χ2n) is 6.94. The number of benzene rings is 1. The number of hydrogen-bond donors (Lipinski definition) is 1. The molecule has 8 heteroatoms. The van der Waals surface area contributed by atoms with Crippen molar-refractivity contribution in [3.8, 4) is 17.2 Å². The Bertz CT molecular complexity index is 1050. The highest BCUT2D eigenvalue weighted by Gasteiger charge is 2.20. The second-order valence-corrected chi connectivity index (χ2v) is 6.94. The SMILES string of the molecule is COc1cc2c(NCCc3nc(C)c4c(n3)CCC4)ncnc2c(OC)c1OC. The Morgan fingerprint density at radius 3 is 2.59 bits per heavy atom. The predicted octanol–water partition coefficient (Wildman–Crippen LogP) is 2.90. The van der Waals surface area contributed by atoms with Crippen LogP contribution >= 0.6 is 0 Å². The summed E-state index contributed by atoms with van der Waals surface area (Å²) >= 11 is 0. The highest BCUT2D eigenvalue weighted by atomic mass is 16.5. The Balaban J connectivity index is 1.59. The van der Waals surface area contributed by atoms with E-state index in [9.17, 15) is 0 Å². The van der Waals surface area contributed by atoms with E-state index < -0.39 is 0 Å². The minimum Gasteiger partial charge on any atom is -0.493 e. The van der Waals surface area contributed by atoms with E-state index in [4.69, 9.17) is 19.2 Å². The molecule has 0 atom stereocenters. The minimum absolute atomic E-state index is 0.508. The molecule has 8 nitrogen and oxygen atoms in total. The quantitative estimate of drug-likeness (QED) is 0.653. The molecule has 152 valence electrons. The van der Waals surface area contributed by atoms with Crippen LogP contribution in [0.2, 0.25) is 0 Å². The van der Waals surface area contributed by atoms with Crippen LogP contribution in [0.1, 0.15) is 29.2 Å². The topological polar surface area (TPSA) is 91.3 Å². The van der Waals surface area contributed by atoms with Crippen LogP contribution in [-0.2, 0) is 19.3 Å². The first kappa shape index (κ1) is 19.2. The fourth-order valence-electron chi connectivity index (χ4n) is 3.89. The molecule has 0 saturated heterocycles. The highest BCUT2D eigenvalue weighted by molar-refractivity contribution is 5.96.